The Kier molecular flexibility index (Phi) is 5.32. The van der Waals surface area contributed by atoms with Gasteiger partial charge in [0, 0.05) is 23.2 Å². The SMILES string of the molecule is CCC=CC(=O)NCc1ccc(Cl)cc1[N+](=O)[O-]. The molecule has 0 radical (unpaired) electrons. The van der Waals surface area contributed by atoms with Gasteiger partial charge in [0.05, 0.1) is 4.92 Å². The molecule has 1 aromatic rings. The smallest absolute Gasteiger partial charge is 0.275 e. The summed E-state index contributed by atoms with van der Waals surface area (Å²) < 4.78 is 0. The molecule has 6 heteroatoms. The van der Waals surface area contributed by atoms with Crippen molar-refractivity contribution in [2.45, 2.75) is 19.9 Å². The number of rotatable bonds is 5. The molecule has 0 atom stereocenters. The van der Waals surface area contributed by atoms with Crippen molar-refractivity contribution < 1.29 is 9.72 Å². The summed E-state index contributed by atoms with van der Waals surface area (Å²) in [6.45, 7) is 2.01. The highest BCUT2D eigenvalue weighted by Crippen LogP contribution is 2.22. The number of allylic oxidation sites excluding steroid dienone is 1. The average molecular weight is 269 g/mol. The maximum absolute atomic E-state index is 11.3. The molecule has 0 fully saturated rings. The van der Waals surface area contributed by atoms with Crippen molar-refractivity contribution in [3.8, 4) is 0 Å². The van der Waals surface area contributed by atoms with Crippen LogP contribution in [0, 0.1) is 10.1 Å². The highest BCUT2D eigenvalue weighted by Gasteiger charge is 2.14. The van der Waals surface area contributed by atoms with E-state index in [9.17, 15) is 14.9 Å². The standard InChI is InChI=1S/C12H13ClN2O3/c1-2-3-4-12(16)14-8-9-5-6-10(13)7-11(9)15(17)18/h3-7H,2,8H2,1H3,(H,14,16). The van der Waals surface area contributed by atoms with Gasteiger partial charge in [-0.05, 0) is 24.6 Å². The summed E-state index contributed by atoms with van der Waals surface area (Å²) in [5.74, 6) is -0.277. The van der Waals surface area contributed by atoms with E-state index >= 15 is 0 Å². The Morgan fingerprint density at radius 1 is 1.56 bits per heavy atom. The first-order valence-corrected chi connectivity index (χ1v) is 5.79. The van der Waals surface area contributed by atoms with E-state index in [1.807, 2.05) is 6.92 Å². The van der Waals surface area contributed by atoms with Gasteiger partial charge in [-0.15, -0.1) is 0 Å². The van der Waals surface area contributed by atoms with Crippen molar-refractivity contribution >= 4 is 23.2 Å². The number of hydrogen-bond donors (Lipinski definition) is 1. The van der Waals surface area contributed by atoms with E-state index < -0.39 is 4.92 Å². The topological polar surface area (TPSA) is 72.2 Å². The largest absolute Gasteiger partial charge is 0.348 e. The Morgan fingerprint density at radius 3 is 2.89 bits per heavy atom. The zero-order valence-electron chi connectivity index (χ0n) is 9.85. The predicted molar refractivity (Wildman–Crippen MR) is 69.4 cm³/mol. The van der Waals surface area contributed by atoms with Crippen LogP contribution < -0.4 is 5.32 Å². The number of halogens is 1. The van der Waals surface area contributed by atoms with E-state index in [1.165, 1.54) is 18.2 Å². The number of nitro groups is 1. The van der Waals surface area contributed by atoms with Crippen LogP contribution in [0.4, 0.5) is 5.69 Å². The first-order chi connectivity index (χ1) is 8.54. The summed E-state index contributed by atoms with van der Waals surface area (Å²) in [6.07, 6.45) is 3.88. The second-order valence-corrected chi connectivity index (χ2v) is 4.00. The third kappa shape index (κ3) is 4.18. The third-order valence-corrected chi connectivity index (χ3v) is 2.44. The molecule has 0 saturated heterocycles. The average Bonchev–Trinajstić information content (AvgIpc) is 2.34. The van der Waals surface area contributed by atoms with Gasteiger partial charge in [-0.2, -0.15) is 0 Å². The summed E-state index contributed by atoms with van der Waals surface area (Å²) >= 11 is 5.69. The van der Waals surface area contributed by atoms with Gasteiger partial charge in [0.1, 0.15) is 0 Å². The minimum absolute atomic E-state index is 0.0951. The molecule has 0 aliphatic rings. The number of carbonyl (C=O) groups excluding carboxylic acids is 1. The highest BCUT2D eigenvalue weighted by molar-refractivity contribution is 6.30. The van der Waals surface area contributed by atoms with Crippen LogP contribution >= 0.6 is 11.6 Å². The highest BCUT2D eigenvalue weighted by atomic mass is 35.5. The molecular weight excluding hydrogens is 256 g/mol. The lowest BCUT2D eigenvalue weighted by atomic mass is 10.2. The van der Waals surface area contributed by atoms with Gasteiger partial charge in [0.15, 0.2) is 0 Å². The number of carbonyl (C=O) groups is 1. The lowest BCUT2D eigenvalue weighted by molar-refractivity contribution is -0.385. The zero-order valence-corrected chi connectivity index (χ0v) is 10.6. The molecule has 96 valence electrons. The van der Waals surface area contributed by atoms with Gasteiger partial charge in [-0.25, -0.2) is 0 Å². The van der Waals surface area contributed by atoms with Crippen LogP contribution in [-0.4, -0.2) is 10.8 Å². The predicted octanol–water partition coefficient (Wildman–Crippen LogP) is 2.83. The Labute approximate surface area is 110 Å². The summed E-state index contributed by atoms with van der Waals surface area (Å²) in [7, 11) is 0. The quantitative estimate of drug-likeness (QED) is 0.507. The normalized spacial score (nSPS) is 10.6. The zero-order chi connectivity index (χ0) is 13.5. The fourth-order valence-corrected chi connectivity index (χ4v) is 1.49. The van der Waals surface area contributed by atoms with Gasteiger partial charge in [-0.1, -0.05) is 24.6 Å². The minimum atomic E-state index is -0.519. The van der Waals surface area contributed by atoms with Crippen LogP contribution in [0.25, 0.3) is 0 Å². The van der Waals surface area contributed by atoms with Crippen molar-refractivity contribution in [1.29, 1.82) is 0 Å². The van der Waals surface area contributed by atoms with E-state index in [1.54, 1.807) is 12.1 Å². The summed E-state index contributed by atoms with van der Waals surface area (Å²) in [6, 6.07) is 4.35. The van der Waals surface area contributed by atoms with Crippen LogP contribution in [-0.2, 0) is 11.3 Å². The van der Waals surface area contributed by atoms with Crippen LogP contribution in [0.1, 0.15) is 18.9 Å². The molecule has 5 nitrogen and oxygen atoms in total. The number of nitrogens with one attached hydrogen (secondary N) is 1. The number of benzene rings is 1. The van der Waals surface area contributed by atoms with E-state index in [0.29, 0.717) is 10.6 Å². The van der Waals surface area contributed by atoms with Gasteiger partial charge < -0.3 is 5.32 Å². The molecule has 1 N–H and O–H groups in total. The van der Waals surface area contributed by atoms with E-state index in [2.05, 4.69) is 5.32 Å². The summed E-state index contributed by atoms with van der Waals surface area (Å²) in [5.41, 5.74) is 0.324. The Morgan fingerprint density at radius 2 is 2.28 bits per heavy atom. The number of nitrogens with zero attached hydrogens (tertiary/aromatic N) is 1. The summed E-state index contributed by atoms with van der Waals surface area (Å²) in [4.78, 5) is 21.6. The lowest BCUT2D eigenvalue weighted by Gasteiger charge is -2.04. The third-order valence-electron chi connectivity index (χ3n) is 2.20. The van der Waals surface area contributed by atoms with E-state index in [0.717, 1.165) is 6.42 Å². The Hall–Kier alpha value is -1.88. The van der Waals surface area contributed by atoms with Crippen LogP contribution in [0.3, 0.4) is 0 Å². The summed E-state index contributed by atoms with van der Waals surface area (Å²) in [5, 5.41) is 13.7. The van der Waals surface area contributed by atoms with Gasteiger partial charge >= 0.3 is 0 Å². The van der Waals surface area contributed by atoms with E-state index in [-0.39, 0.29) is 18.1 Å². The molecule has 0 saturated carbocycles. The molecular formula is C12H13ClN2O3. The van der Waals surface area contributed by atoms with Crippen molar-refractivity contribution in [3.63, 3.8) is 0 Å². The molecule has 1 aromatic carbocycles. The molecule has 1 amide bonds. The Bertz CT molecular complexity index is 486. The first kappa shape index (κ1) is 14.2. The molecule has 0 unspecified atom stereocenters. The molecule has 0 heterocycles. The van der Waals surface area contributed by atoms with Crippen LogP contribution in [0.15, 0.2) is 30.4 Å². The molecule has 0 aliphatic carbocycles. The fourth-order valence-electron chi connectivity index (χ4n) is 1.32. The maximum atomic E-state index is 11.3. The lowest BCUT2D eigenvalue weighted by Crippen LogP contribution is -2.20. The van der Waals surface area contributed by atoms with Gasteiger partial charge in [0.2, 0.25) is 5.91 Å². The Balaban J connectivity index is 2.76. The van der Waals surface area contributed by atoms with Crippen molar-refractivity contribution in [2.75, 3.05) is 0 Å². The number of amides is 1. The van der Waals surface area contributed by atoms with Crippen LogP contribution in [0.2, 0.25) is 5.02 Å². The molecule has 0 spiro atoms. The monoisotopic (exact) mass is 268 g/mol. The minimum Gasteiger partial charge on any atom is -0.348 e. The molecule has 0 aromatic heterocycles. The van der Waals surface area contributed by atoms with Crippen molar-refractivity contribution in [2.24, 2.45) is 0 Å². The van der Waals surface area contributed by atoms with Crippen molar-refractivity contribution in [3.05, 3.63) is 51.1 Å². The molecule has 1 rings (SSSR count). The van der Waals surface area contributed by atoms with Crippen LogP contribution in [0.5, 0.6) is 0 Å². The van der Waals surface area contributed by atoms with Gasteiger partial charge in [0.25, 0.3) is 5.69 Å². The molecule has 0 bridgehead atoms. The number of nitro benzene ring substituents is 1. The fraction of sp³-hybridized carbons (Fsp3) is 0.250. The second kappa shape index (κ2) is 6.76. The van der Waals surface area contributed by atoms with E-state index in [4.69, 9.17) is 11.6 Å². The van der Waals surface area contributed by atoms with Crippen molar-refractivity contribution in [1.82, 2.24) is 5.32 Å². The first-order valence-electron chi connectivity index (χ1n) is 5.41. The van der Waals surface area contributed by atoms with Gasteiger partial charge in [-0.3, -0.25) is 14.9 Å². The second-order valence-electron chi connectivity index (χ2n) is 3.56. The maximum Gasteiger partial charge on any atom is 0.275 e. The number of hydrogen-bond acceptors (Lipinski definition) is 3. The molecule has 18 heavy (non-hydrogen) atoms. The molecule has 0 aliphatic heterocycles.